The maximum atomic E-state index is 11.6. The van der Waals surface area contributed by atoms with Crippen molar-refractivity contribution in [3.63, 3.8) is 0 Å². The molecular weight excluding hydrogens is 258 g/mol. The van der Waals surface area contributed by atoms with E-state index in [4.69, 9.17) is 9.15 Å². The van der Waals surface area contributed by atoms with E-state index in [1.807, 2.05) is 30.3 Å². The number of carbonyl (C=O) groups is 1. The van der Waals surface area contributed by atoms with Gasteiger partial charge in [0.05, 0.1) is 6.61 Å². The molecule has 1 unspecified atom stereocenters. The van der Waals surface area contributed by atoms with Gasteiger partial charge in [0, 0.05) is 6.42 Å². The van der Waals surface area contributed by atoms with Gasteiger partial charge in [0.25, 0.3) is 0 Å². The van der Waals surface area contributed by atoms with Crippen LogP contribution in [0.2, 0.25) is 0 Å². The van der Waals surface area contributed by atoms with E-state index in [1.54, 1.807) is 19.1 Å². The quantitative estimate of drug-likeness (QED) is 0.598. The first kappa shape index (κ1) is 14.0. The molecule has 2 aromatic rings. The Hall–Kier alpha value is -2.43. The number of rotatable bonds is 6. The fraction of sp³-hybridized carbons (Fsp3) is 0.267. The summed E-state index contributed by atoms with van der Waals surface area (Å²) in [5.74, 6) is 0.191. The van der Waals surface area contributed by atoms with Crippen molar-refractivity contribution in [3.8, 4) is 0 Å². The third-order valence-corrected chi connectivity index (χ3v) is 2.79. The molecule has 0 aliphatic carbocycles. The molecule has 0 amide bonds. The van der Waals surface area contributed by atoms with Crippen molar-refractivity contribution in [1.29, 1.82) is 0 Å². The highest BCUT2D eigenvalue weighted by Crippen LogP contribution is 2.23. The second-order valence-corrected chi connectivity index (χ2v) is 4.23. The van der Waals surface area contributed by atoms with Crippen LogP contribution >= 0.6 is 0 Å². The Morgan fingerprint density at radius 1 is 1.25 bits per heavy atom. The van der Waals surface area contributed by atoms with Gasteiger partial charge in [-0.2, -0.15) is 0 Å². The molecule has 0 aliphatic rings. The summed E-state index contributed by atoms with van der Waals surface area (Å²) in [7, 11) is 0. The molecule has 0 saturated carbocycles. The van der Waals surface area contributed by atoms with Gasteiger partial charge in [-0.05, 0) is 29.8 Å². The van der Waals surface area contributed by atoms with Crippen LogP contribution in [0.5, 0.6) is 0 Å². The van der Waals surface area contributed by atoms with E-state index < -0.39 is 12.0 Å². The monoisotopic (exact) mass is 273 g/mol. The maximum absolute atomic E-state index is 11.6. The van der Waals surface area contributed by atoms with Gasteiger partial charge in [-0.1, -0.05) is 30.3 Å². The first-order valence-electron chi connectivity index (χ1n) is 6.36. The molecular formula is C15H15NO4. The van der Waals surface area contributed by atoms with Gasteiger partial charge in [0.2, 0.25) is 6.04 Å². The second-order valence-electron chi connectivity index (χ2n) is 4.23. The summed E-state index contributed by atoms with van der Waals surface area (Å²) in [5.41, 5.74) is 1.08. The molecule has 0 bridgehead atoms. The smallest absolute Gasteiger partial charge is 0.342 e. The Morgan fingerprint density at radius 2 is 2.00 bits per heavy atom. The molecule has 0 saturated heterocycles. The van der Waals surface area contributed by atoms with Gasteiger partial charge < -0.3 is 9.15 Å². The van der Waals surface area contributed by atoms with Crippen LogP contribution < -0.4 is 0 Å². The molecule has 5 nitrogen and oxygen atoms in total. The number of hydrogen-bond acceptors (Lipinski definition) is 5. The molecule has 20 heavy (non-hydrogen) atoms. The number of hydrogen-bond donors (Lipinski definition) is 0. The average Bonchev–Trinajstić information content (AvgIpc) is 2.89. The van der Waals surface area contributed by atoms with Gasteiger partial charge in [-0.3, -0.25) is 0 Å². The lowest BCUT2D eigenvalue weighted by molar-refractivity contribution is -0.145. The molecule has 0 spiro atoms. The van der Waals surface area contributed by atoms with Gasteiger partial charge in [0.15, 0.2) is 0 Å². The zero-order chi connectivity index (χ0) is 14.4. The third kappa shape index (κ3) is 3.32. The van der Waals surface area contributed by atoms with Crippen molar-refractivity contribution in [2.75, 3.05) is 6.61 Å². The van der Waals surface area contributed by atoms with E-state index in [-0.39, 0.29) is 12.4 Å². The Labute approximate surface area is 116 Å². The first-order chi connectivity index (χ1) is 9.74. The molecule has 0 aliphatic heterocycles. The summed E-state index contributed by atoms with van der Waals surface area (Å²) in [5, 5.41) is 2.78. The molecule has 2 rings (SSSR count). The van der Waals surface area contributed by atoms with E-state index >= 15 is 0 Å². The van der Waals surface area contributed by atoms with Crippen LogP contribution in [-0.4, -0.2) is 12.6 Å². The molecule has 0 N–H and O–H groups in total. The van der Waals surface area contributed by atoms with E-state index in [0.29, 0.717) is 12.2 Å². The van der Waals surface area contributed by atoms with Gasteiger partial charge in [-0.25, -0.2) is 4.79 Å². The van der Waals surface area contributed by atoms with Crippen LogP contribution in [0.3, 0.4) is 0 Å². The van der Waals surface area contributed by atoms with Gasteiger partial charge in [-0.15, -0.1) is 4.91 Å². The van der Waals surface area contributed by atoms with Crippen LogP contribution in [-0.2, 0) is 16.0 Å². The van der Waals surface area contributed by atoms with E-state index in [9.17, 15) is 9.70 Å². The number of esters is 1. The van der Waals surface area contributed by atoms with Crippen LogP contribution in [0.25, 0.3) is 0 Å². The lowest BCUT2D eigenvalue weighted by atomic mass is 10.1. The normalized spacial score (nSPS) is 11.8. The number of benzene rings is 1. The minimum atomic E-state index is -1.24. The fourth-order valence-electron chi connectivity index (χ4n) is 1.87. The fourth-order valence-corrected chi connectivity index (χ4v) is 1.87. The largest absolute Gasteiger partial charge is 0.464 e. The molecule has 0 fully saturated rings. The number of furan rings is 1. The zero-order valence-corrected chi connectivity index (χ0v) is 11.1. The van der Waals surface area contributed by atoms with Gasteiger partial charge in [0.1, 0.15) is 11.5 Å². The molecule has 1 aromatic carbocycles. The molecule has 5 heteroatoms. The van der Waals surface area contributed by atoms with Crippen LogP contribution in [0.4, 0.5) is 0 Å². The second kappa shape index (κ2) is 6.65. The highest BCUT2D eigenvalue weighted by atomic mass is 16.5. The lowest BCUT2D eigenvalue weighted by Gasteiger charge is -2.05. The standard InChI is InChI=1S/C15H15NO4/c1-2-19-15(17)14(16-18)13-9-8-12(20-13)10-11-6-4-3-5-7-11/h3-9,14H,2,10H2,1H3. The van der Waals surface area contributed by atoms with Crippen molar-refractivity contribution in [1.82, 2.24) is 0 Å². The molecule has 1 atom stereocenters. The number of nitroso groups, excluding NO2 is 1. The topological polar surface area (TPSA) is 68.9 Å². The number of nitrogens with zero attached hydrogens (tertiary/aromatic N) is 1. The first-order valence-corrected chi connectivity index (χ1v) is 6.36. The van der Waals surface area contributed by atoms with E-state index in [2.05, 4.69) is 5.18 Å². The van der Waals surface area contributed by atoms with Crippen molar-refractivity contribution < 1.29 is 13.9 Å². The summed E-state index contributed by atoms with van der Waals surface area (Å²) >= 11 is 0. The predicted molar refractivity (Wildman–Crippen MR) is 73.1 cm³/mol. The summed E-state index contributed by atoms with van der Waals surface area (Å²) in [6.45, 7) is 1.87. The number of carbonyl (C=O) groups excluding carboxylic acids is 1. The molecule has 104 valence electrons. The van der Waals surface area contributed by atoms with Crippen LogP contribution in [0.1, 0.15) is 30.0 Å². The van der Waals surface area contributed by atoms with Crippen molar-refractivity contribution in [3.05, 3.63) is 64.5 Å². The van der Waals surface area contributed by atoms with Gasteiger partial charge >= 0.3 is 5.97 Å². The Morgan fingerprint density at radius 3 is 2.65 bits per heavy atom. The molecule has 0 radical (unpaired) electrons. The minimum absolute atomic E-state index is 0.197. The van der Waals surface area contributed by atoms with E-state index in [0.717, 1.165) is 5.56 Å². The van der Waals surface area contributed by atoms with Crippen LogP contribution in [0.15, 0.2) is 52.1 Å². The summed E-state index contributed by atoms with van der Waals surface area (Å²) in [6, 6.07) is 11.8. The Kier molecular flexibility index (Phi) is 4.65. The Bertz CT molecular complexity index is 577. The minimum Gasteiger partial charge on any atom is -0.464 e. The summed E-state index contributed by atoms with van der Waals surface area (Å²) in [6.07, 6.45) is 0.593. The summed E-state index contributed by atoms with van der Waals surface area (Å²) < 4.78 is 10.3. The summed E-state index contributed by atoms with van der Waals surface area (Å²) in [4.78, 5) is 22.3. The molecule has 1 heterocycles. The van der Waals surface area contributed by atoms with Crippen molar-refractivity contribution >= 4 is 5.97 Å². The lowest BCUT2D eigenvalue weighted by Crippen LogP contribution is -2.13. The van der Waals surface area contributed by atoms with Crippen molar-refractivity contribution in [2.45, 2.75) is 19.4 Å². The van der Waals surface area contributed by atoms with E-state index in [1.165, 1.54) is 0 Å². The molecule has 1 aromatic heterocycles. The maximum Gasteiger partial charge on any atom is 0.342 e. The predicted octanol–water partition coefficient (Wildman–Crippen LogP) is 3.24. The number of ether oxygens (including phenoxy) is 1. The highest BCUT2D eigenvalue weighted by molar-refractivity contribution is 5.77. The SMILES string of the molecule is CCOC(=O)C(N=O)c1ccc(Cc2ccccc2)o1. The van der Waals surface area contributed by atoms with Crippen molar-refractivity contribution in [2.24, 2.45) is 5.18 Å². The highest BCUT2D eigenvalue weighted by Gasteiger charge is 2.26. The zero-order valence-electron chi connectivity index (χ0n) is 11.1. The average molecular weight is 273 g/mol. The van der Waals surface area contributed by atoms with Crippen LogP contribution in [0, 0.1) is 4.91 Å². The third-order valence-electron chi connectivity index (χ3n) is 2.79. The Balaban J connectivity index is 2.11.